The number of aryl methyl sites for hydroxylation is 1. The van der Waals surface area contributed by atoms with Crippen molar-refractivity contribution in [3.63, 3.8) is 0 Å². The van der Waals surface area contributed by atoms with Crippen LogP contribution in [0.25, 0.3) is 0 Å². The van der Waals surface area contributed by atoms with Gasteiger partial charge in [-0.2, -0.15) is 0 Å². The van der Waals surface area contributed by atoms with Gasteiger partial charge < -0.3 is 5.32 Å². The topological polar surface area (TPSA) is 12.0 Å². The Morgan fingerprint density at radius 3 is 2.65 bits per heavy atom. The third-order valence-electron chi connectivity index (χ3n) is 4.01. The molecule has 0 bridgehead atoms. The zero-order chi connectivity index (χ0) is 12.3. The van der Waals surface area contributed by atoms with Crippen LogP contribution in [-0.4, -0.2) is 13.1 Å². The van der Waals surface area contributed by atoms with Gasteiger partial charge in [0.25, 0.3) is 0 Å². The van der Waals surface area contributed by atoms with E-state index in [1.807, 2.05) is 0 Å². The molecule has 0 spiro atoms. The van der Waals surface area contributed by atoms with Gasteiger partial charge in [0.15, 0.2) is 0 Å². The first-order valence-electron chi connectivity index (χ1n) is 6.65. The van der Waals surface area contributed by atoms with Crippen LogP contribution < -0.4 is 5.32 Å². The Morgan fingerprint density at radius 2 is 1.94 bits per heavy atom. The minimum absolute atomic E-state index is 0.608. The fourth-order valence-electron chi connectivity index (χ4n) is 2.89. The molecule has 0 saturated heterocycles. The Bertz CT molecular complexity index is 375. The van der Waals surface area contributed by atoms with Gasteiger partial charge in [-0.3, -0.25) is 0 Å². The average molecular weight is 252 g/mol. The Kier molecular flexibility index (Phi) is 4.47. The third kappa shape index (κ3) is 3.02. The normalized spacial score (nSPS) is 25.6. The molecule has 1 N–H and O–H groups in total. The van der Waals surface area contributed by atoms with Crippen LogP contribution in [0.5, 0.6) is 0 Å². The lowest BCUT2D eigenvalue weighted by Gasteiger charge is -2.25. The molecule has 1 aliphatic carbocycles. The second kappa shape index (κ2) is 5.88. The van der Waals surface area contributed by atoms with E-state index < -0.39 is 0 Å². The number of likely N-dealkylation sites (N-methyl/N-ethyl adjacent to an activating group) is 1. The smallest absolute Gasteiger partial charge is 0.0438 e. The van der Waals surface area contributed by atoms with E-state index in [1.54, 1.807) is 0 Å². The predicted molar refractivity (Wildman–Crippen MR) is 74.9 cm³/mol. The first kappa shape index (κ1) is 12.9. The third-order valence-corrected chi connectivity index (χ3v) is 4.42. The molecule has 1 aromatic rings. The minimum atomic E-state index is 0.608. The summed E-state index contributed by atoms with van der Waals surface area (Å²) in [5, 5.41) is 4.39. The maximum atomic E-state index is 6.24. The second-order valence-electron chi connectivity index (χ2n) is 5.15. The van der Waals surface area contributed by atoms with E-state index in [0.29, 0.717) is 12.0 Å². The largest absolute Gasteiger partial charge is 0.316 e. The molecule has 94 valence electrons. The molecule has 2 unspecified atom stereocenters. The molecule has 0 radical (unpaired) electrons. The molecule has 1 nitrogen and oxygen atoms in total. The number of halogens is 1. The van der Waals surface area contributed by atoms with Crippen LogP contribution in [0.4, 0.5) is 0 Å². The highest BCUT2D eigenvalue weighted by Gasteiger charge is 2.23. The summed E-state index contributed by atoms with van der Waals surface area (Å²) in [5.41, 5.74) is 2.58. The molecule has 0 amide bonds. The molecular formula is C15H22ClN. The molecule has 0 aliphatic heterocycles. The van der Waals surface area contributed by atoms with Crippen LogP contribution >= 0.6 is 11.6 Å². The summed E-state index contributed by atoms with van der Waals surface area (Å²) >= 11 is 6.24. The van der Waals surface area contributed by atoms with E-state index in [9.17, 15) is 0 Å². The van der Waals surface area contributed by atoms with Gasteiger partial charge in [0.05, 0.1) is 0 Å². The molecule has 1 fully saturated rings. The number of hydrogen-bond donors (Lipinski definition) is 1. The first-order valence-corrected chi connectivity index (χ1v) is 7.03. The van der Waals surface area contributed by atoms with E-state index in [0.717, 1.165) is 5.02 Å². The molecule has 1 aliphatic rings. The lowest BCUT2D eigenvalue weighted by Crippen LogP contribution is -2.31. The molecule has 2 atom stereocenters. The molecule has 0 heterocycles. The van der Waals surface area contributed by atoms with Gasteiger partial charge in [0.1, 0.15) is 0 Å². The molecule has 1 aromatic carbocycles. The van der Waals surface area contributed by atoms with E-state index in [4.69, 9.17) is 11.6 Å². The van der Waals surface area contributed by atoms with Gasteiger partial charge in [-0.25, -0.2) is 0 Å². The molecular weight excluding hydrogens is 230 g/mol. The SMILES string of the molecule is CNC1CCCCCC1c1ccc(C)c(Cl)c1. The molecule has 2 rings (SSSR count). The molecule has 2 heteroatoms. The summed E-state index contributed by atoms with van der Waals surface area (Å²) < 4.78 is 0. The van der Waals surface area contributed by atoms with Crippen molar-refractivity contribution in [2.45, 2.75) is 51.0 Å². The van der Waals surface area contributed by atoms with E-state index >= 15 is 0 Å². The highest BCUT2D eigenvalue weighted by molar-refractivity contribution is 6.31. The second-order valence-corrected chi connectivity index (χ2v) is 5.56. The Labute approximate surface area is 110 Å². The van der Waals surface area contributed by atoms with Gasteiger partial charge in [0.2, 0.25) is 0 Å². The number of nitrogens with one attached hydrogen (secondary N) is 1. The van der Waals surface area contributed by atoms with Gasteiger partial charge in [-0.1, -0.05) is 43.0 Å². The molecule has 1 saturated carbocycles. The Morgan fingerprint density at radius 1 is 1.18 bits per heavy atom. The van der Waals surface area contributed by atoms with Gasteiger partial charge in [0, 0.05) is 11.1 Å². The van der Waals surface area contributed by atoms with Crippen molar-refractivity contribution in [2.24, 2.45) is 0 Å². The highest BCUT2D eigenvalue weighted by Crippen LogP contribution is 2.33. The summed E-state index contributed by atoms with van der Waals surface area (Å²) in [6.45, 7) is 2.06. The summed E-state index contributed by atoms with van der Waals surface area (Å²) in [6.07, 6.45) is 6.63. The van der Waals surface area contributed by atoms with Crippen molar-refractivity contribution in [1.82, 2.24) is 5.32 Å². The zero-order valence-electron chi connectivity index (χ0n) is 10.8. The van der Waals surface area contributed by atoms with Crippen LogP contribution in [-0.2, 0) is 0 Å². The number of benzene rings is 1. The van der Waals surface area contributed by atoms with Crippen molar-refractivity contribution in [3.8, 4) is 0 Å². The quantitative estimate of drug-likeness (QED) is 0.774. The lowest BCUT2D eigenvalue weighted by atomic mass is 9.87. The molecule has 0 aromatic heterocycles. The lowest BCUT2D eigenvalue weighted by molar-refractivity contribution is 0.439. The molecule has 17 heavy (non-hydrogen) atoms. The van der Waals surface area contributed by atoms with Crippen LogP contribution in [0, 0.1) is 6.92 Å². The Balaban J connectivity index is 2.25. The summed E-state index contributed by atoms with van der Waals surface area (Å²) in [6, 6.07) is 7.17. The summed E-state index contributed by atoms with van der Waals surface area (Å²) in [5.74, 6) is 0.626. The number of rotatable bonds is 2. The van der Waals surface area contributed by atoms with Crippen LogP contribution in [0.15, 0.2) is 18.2 Å². The standard InChI is InChI=1S/C15H22ClN/c1-11-8-9-12(10-14(11)16)13-6-4-3-5-7-15(13)17-2/h8-10,13,15,17H,3-7H2,1-2H3. The predicted octanol–water partition coefficient (Wildman–Crippen LogP) is 4.28. The van der Waals surface area contributed by atoms with Crippen molar-refractivity contribution in [2.75, 3.05) is 7.05 Å². The fourth-order valence-corrected chi connectivity index (χ4v) is 3.08. The van der Waals surface area contributed by atoms with Gasteiger partial charge >= 0.3 is 0 Å². The van der Waals surface area contributed by atoms with Crippen LogP contribution in [0.2, 0.25) is 5.02 Å². The van der Waals surface area contributed by atoms with E-state index in [2.05, 4.69) is 37.5 Å². The maximum Gasteiger partial charge on any atom is 0.0438 e. The Hall–Kier alpha value is -0.530. The van der Waals surface area contributed by atoms with E-state index in [-0.39, 0.29) is 0 Å². The fraction of sp³-hybridized carbons (Fsp3) is 0.600. The zero-order valence-corrected chi connectivity index (χ0v) is 11.6. The summed E-state index contributed by atoms with van der Waals surface area (Å²) in [4.78, 5) is 0. The van der Waals surface area contributed by atoms with Crippen molar-refractivity contribution >= 4 is 11.6 Å². The average Bonchev–Trinajstić information content (AvgIpc) is 2.57. The summed E-state index contributed by atoms with van der Waals surface area (Å²) in [7, 11) is 2.08. The minimum Gasteiger partial charge on any atom is -0.316 e. The van der Waals surface area contributed by atoms with Gasteiger partial charge in [-0.05, 0) is 49.9 Å². The number of hydrogen-bond acceptors (Lipinski definition) is 1. The van der Waals surface area contributed by atoms with Crippen molar-refractivity contribution in [1.29, 1.82) is 0 Å². The monoisotopic (exact) mass is 251 g/mol. The van der Waals surface area contributed by atoms with E-state index in [1.165, 1.54) is 43.2 Å². The highest BCUT2D eigenvalue weighted by atomic mass is 35.5. The van der Waals surface area contributed by atoms with Crippen LogP contribution in [0.3, 0.4) is 0 Å². The van der Waals surface area contributed by atoms with Crippen molar-refractivity contribution in [3.05, 3.63) is 34.3 Å². The first-order chi connectivity index (χ1) is 8.22. The van der Waals surface area contributed by atoms with Crippen molar-refractivity contribution < 1.29 is 0 Å². The van der Waals surface area contributed by atoms with Gasteiger partial charge in [-0.15, -0.1) is 0 Å². The maximum absolute atomic E-state index is 6.24. The van der Waals surface area contributed by atoms with Crippen LogP contribution in [0.1, 0.15) is 49.1 Å².